The smallest absolute Gasteiger partial charge is 0.234 e. The number of halogens is 2. The summed E-state index contributed by atoms with van der Waals surface area (Å²) in [6.45, 7) is 0.459. The van der Waals surface area contributed by atoms with Gasteiger partial charge in [0.15, 0.2) is 10.9 Å². The lowest BCUT2D eigenvalue weighted by Crippen LogP contribution is -2.37. The van der Waals surface area contributed by atoms with E-state index in [9.17, 15) is 18.4 Å². The van der Waals surface area contributed by atoms with Crippen LogP contribution >= 0.6 is 11.3 Å². The number of hydrogen-bond acceptors (Lipinski definition) is 4. The maximum atomic E-state index is 14.3. The molecule has 1 aliphatic rings. The Morgan fingerprint density at radius 3 is 2.48 bits per heavy atom. The summed E-state index contributed by atoms with van der Waals surface area (Å²) >= 11 is 1.05. The van der Waals surface area contributed by atoms with Gasteiger partial charge in [0, 0.05) is 24.7 Å². The summed E-state index contributed by atoms with van der Waals surface area (Å²) in [5.74, 6) is -2.45. The van der Waals surface area contributed by atoms with E-state index in [4.69, 9.17) is 0 Å². The van der Waals surface area contributed by atoms with Gasteiger partial charge in [0.2, 0.25) is 11.8 Å². The van der Waals surface area contributed by atoms with Crippen molar-refractivity contribution in [2.75, 3.05) is 16.3 Å². The maximum Gasteiger partial charge on any atom is 0.234 e. The number of fused-ring (bicyclic) bond motifs is 1. The fourth-order valence-electron chi connectivity index (χ4n) is 4.02. The topological polar surface area (TPSA) is 53.5 Å². The lowest BCUT2D eigenvalue weighted by Gasteiger charge is -2.23. The minimum atomic E-state index is -0.772. The average Bonchev–Trinajstić information content (AvgIpc) is 3.42. The van der Waals surface area contributed by atoms with Crippen LogP contribution in [-0.4, -0.2) is 23.3 Å². The minimum absolute atomic E-state index is 0.0238. The molecule has 0 saturated carbocycles. The Bertz CT molecular complexity index is 1330. The van der Waals surface area contributed by atoms with E-state index >= 15 is 0 Å². The predicted molar refractivity (Wildman–Crippen MR) is 124 cm³/mol. The number of carbonyl (C=O) groups is 2. The zero-order valence-electron chi connectivity index (χ0n) is 17.4. The number of amides is 2. The molecule has 0 spiro atoms. The van der Waals surface area contributed by atoms with Crippen LogP contribution in [0.1, 0.15) is 12.0 Å². The Morgan fingerprint density at radius 1 is 1.06 bits per heavy atom. The van der Waals surface area contributed by atoms with Gasteiger partial charge in [0.05, 0.1) is 17.2 Å². The zero-order chi connectivity index (χ0) is 22.9. The first-order valence-corrected chi connectivity index (χ1v) is 11.3. The van der Waals surface area contributed by atoms with E-state index in [0.29, 0.717) is 4.70 Å². The molecule has 1 fully saturated rings. The van der Waals surface area contributed by atoms with Crippen molar-refractivity contribution in [3.05, 3.63) is 90.0 Å². The monoisotopic (exact) mass is 463 g/mol. The van der Waals surface area contributed by atoms with Crippen LogP contribution < -0.4 is 9.80 Å². The molecule has 4 aromatic rings. The number of rotatable bonds is 5. The number of hydrogen-bond donors (Lipinski definition) is 0. The number of benzene rings is 3. The first-order chi connectivity index (χ1) is 16.0. The molecule has 0 N–H and O–H groups in total. The SMILES string of the molecule is O=C1CC(C(=O)N(Cc2ccccc2)c2nc3c(F)cc(F)cc3s2)CN1c1ccccc1. The van der Waals surface area contributed by atoms with Crippen LogP contribution in [0.5, 0.6) is 0 Å². The number of nitrogens with zero attached hydrogens (tertiary/aromatic N) is 3. The van der Waals surface area contributed by atoms with Crippen molar-refractivity contribution in [3.8, 4) is 0 Å². The fourth-order valence-corrected chi connectivity index (χ4v) is 5.03. The maximum absolute atomic E-state index is 14.3. The van der Waals surface area contributed by atoms with E-state index in [0.717, 1.165) is 28.7 Å². The Kier molecular flexibility index (Phi) is 5.60. The summed E-state index contributed by atoms with van der Waals surface area (Å²) in [7, 11) is 0. The van der Waals surface area contributed by atoms with Gasteiger partial charge in [-0.1, -0.05) is 59.9 Å². The van der Waals surface area contributed by atoms with Gasteiger partial charge in [-0.15, -0.1) is 0 Å². The van der Waals surface area contributed by atoms with Gasteiger partial charge >= 0.3 is 0 Å². The number of para-hydroxylation sites is 1. The van der Waals surface area contributed by atoms with Gasteiger partial charge in [0.25, 0.3) is 0 Å². The number of thiazole rings is 1. The summed E-state index contributed by atoms with van der Waals surface area (Å²) in [6.07, 6.45) is 0.0763. The molecule has 5 nitrogen and oxygen atoms in total. The van der Waals surface area contributed by atoms with Crippen molar-refractivity contribution < 1.29 is 18.4 Å². The molecule has 1 atom stereocenters. The van der Waals surface area contributed by atoms with Crippen molar-refractivity contribution in [3.63, 3.8) is 0 Å². The molecule has 0 bridgehead atoms. The first kappa shape index (κ1) is 21.2. The molecule has 33 heavy (non-hydrogen) atoms. The third kappa shape index (κ3) is 4.21. The second kappa shape index (κ2) is 8.71. The zero-order valence-corrected chi connectivity index (χ0v) is 18.3. The lowest BCUT2D eigenvalue weighted by atomic mass is 10.1. The Balaban J connectivity index is 1.49. The van der Waals surface area contributed by atoms with Crippen LogP contribution in [0.3, 0.4) is 0 Å². The van der Waals surface area contributed by atoms with Crippen LogP contribution in [0.2, 0.25) is 0 Å². The Hall–Kier alpha value is -3.65. The Labute approximate surface area is 192 Å². The largest absolute Gasteiger partial charge is 0.312 e. The van der Waals surface area contributed by atoms with Crippen molar-refractivity contribution in [1.29, 1.82) is 0 Å². The summed E-state index contributed by atoms with van der Waals surface area (Å²) in [5.41, 5.74) is 1.63. The van der Waals surface area contributed by atoms with E-state index in [1.165, 1.54) is 11.0 Å². The van der Waals surface area contributed by atoms with E-state index in [-0.39, 0.29) is 42.0 Å². The highest BCUT2D eigenvalue weighted by atomic mass is 32.1. The highest BCUT2D eigenvalue weighted by Crippen LogP contribution is 2.34. The molecule has 2 heterocycles. The Morgan fingerprint density at radius 2 is 1.76 bits per heavy atom. The van der Waals surface area contributed by atoms with Gasteiger partial charge in [-0.05, 0) is 23.8 Å². The molecule has 1 aliphatic heterocycles. The van der Waals surface area contributed by atoms with Gasteiger partial charge in [0.1, 0.15) is 11.3 Å². The molecule has 2 amide bonds. The molecule has 0 radical (unpaired) electrons. The molecular formula is C25H19F2N3O2S. The highest BCUT2D eigenvalue weighted by molar-refractivity contribution is 7.22. The lowest BCUT2D eigenvalue weighted by molar-refractivity contribution is -0.124. The molecule has 0 aliphatic carbocycles. The molecule has 1 unspecified atom stereocenters. The van der Waals surface area contributed by atoms with Crippen molar-refractivity contribution in [2.45, 2.75) is 13.0 Å². The third-order valence-electron chi connectivity index (χ3n) is 5.62. The first-order valence-electron chi connectivity index (χ1n) is 10.5. The second-order valence-corrected chi connectivity index (χ2v) is 8.89. The molecule has 8 heteroatoms. The molecule has 166 valence electrons. The van der Waals surface area contributed by atoms with E-state index in [1.54, 1.807) is 4.90 Å². The van der Waals surface area contributed by atoms with Gasteiger partial charge in [-0.3, -0.25) is 14.5 Å². The third-order valence-corrected chi connectivity index (χ3v) is 6.65. The minimum Gasteiger partial charge on any atom is -0.312 e. The summed E-state index contributed by atoms with van der Waals surface area (Å²) in [4.78, 5) is 33.7. The number of carbonyl (C=O) groups excluding carboxylic acids is 2. The molecule has 1 aromatic heterocycles. The highest BCUT2D eigenvalue weighted by Gasteiger charge is 2.38. The van der Waals surface area contributed by atoms with Crippen LogP contribution in [0.15, 0.2) is 72.8 Å². The van der Waals surface area contributed by atoms with Gasteiger partial charge in [-0.25, -0.2) is 13.8 Å². The fraction of sp³-hybridized carbons (Fsp3) is 0.160. The van der Waals surface area contributed by atoms with Crippen LogP contribution in [0.25, 0.3) is 10.2 Å². The van der Waals surface area contributed by atoms with Crippen molar-refractivity contribution in [2.24, 2.45) is 5.92 Å². The van der Waals surface area contributed by atoms with E-state index in [2.05, 4.69) is 4.98 Å². The average molecular weight is 464 g/mol. The van der Waals surface area contributed by atoms with Gasteiger partial charge in [-0.2, -0.15) is 0 Å². The standard InChI is InChI=1S/C25H19F2N3O2S/c26-18-12-20(27)23-21(13-18)33-25(28-23)30(14-16-7-3-1-4-8-16)24(32)17-11-22(31)29(15-17)19-9-5-2-6-10-19/h1-10,12-13,17H,11,14-15H2. The quantitative estimate of drug-likeness (QED) is 0.411. The number of anilines is 2. The van der Waals surface area contributed by atoms with Crippen LogP contribution in [-0.2, 0) is 16.1 Å². The van der Waals surface area contributed by atoms with Crippen LogP contribution in [0, 0.1) is 17.6 Å². The molecular weight excluding hydrogens is 444 g/mol. The molecule has 3 aromatic carbocycles. The summed E-state index contributed by atoms with van der Waals surface area (Å²) in [5, 5.41) is 0.272. The van der Waals surface area contributed by atoms with Crippen LogP contribution in [0.4, 0.5) is 19.6 Å². The van der Waals surface area contributed by atoms with E-state index < -0.39 is 17.6 Å². The van der Waals surface area contributed by atoms with Crippen molar-refractivity contribution >= 4 is 44.2 Å². The predicted octanol–water partition coefficient (Wildman–Crippen LogP) is 5.16. The summed E-state index contributed by atoms with van der Waals surface area (Å²) in [6, 6.07) is 20.6. The van der Waals surface area contributed by atoms with Crippen molar-refractivity contribution in [1.82, 2.24) is 4.98 Å². The second-order valence-electron chi connectivity index (χ2n) is 7.88. The van der Waals surface area contributed by atoms with E-state index in [1.807, 2.05) is 60.7 Å². The summed E-state index contributed by atoms with van der Waals surface area (Å²) < 4.78 is 28.3. The van der Waals surface area contributed by atoms with Gasteiger partial charge < -0.3 is 4.90 Å². The normalized spacial score (nSPS) is 15.9. The molecule has 5 rings (SSSR count). The molecule has 1 saturated heterocycles. The number of aromatic nitrogens is 1.